The third kappa shape index (κ3) is 6.80. The van der Waals surface area contributed by atoms with Crippen molar-refractivity contribution in [2.75, 3.05) is 50.2 Å². The number of anilines is 2. The second kappa shape index (κ2) is 13.7. The van der Waals surface area contributed by atoms with Crippen LogP contribution in [-0.4, -0.2) is 40.4 Å². The Kier molecular flexibility index (Phi) is 10.4. The summed E-state index contributed by atoms with van der Waals surface area (Å²) in [7, 11) is 3.14. The highest BCUT2D eigenvalue weighted by atomic mass is 16.5. The van der Waals surface area contributed by atoms with E-state index < -0.39 is 0 Å². The molecule has 0 amide bonds. The maximum Gasteiger partial charge on any atom is 0.520 e. The second-order valence-electron chi connectivity index (χ2n) is 7.52. The Morgan fingerprint density at radius 3 is 1.64 bits per heavy atom. The molecule has 36 heavy (non-hydrogen) atoms. The van der Waals surface area contributed by atoms with E-state index in [9.17, 15) is 0 Å². The fraction of sp³-hybridized carbons (Fsp3) is 0.286. The van der Waals surface area contributed by atoms with Crippen molar-refractivity contribution in [1.82, 2.24) is 0 Å². The van der Waals surface area contributed by atoms with Crippen molar-refractivity contribution in [3.63, 3.8) is 0 Å². The van der Waals surface area contributed by atoms with Gasteiger partial charge in [0.15, 0.2) is 0 Å². The van der Waals surface area contributed by atoms with Gasteiger partial charge in [0.05, 0.1) is 14.2 Å². The van der Waals surface area contributed by atoms with Crippen LogP contribution in [0.25, 0.3) is 21.8 Å². The van der Waals surface area contributed by atoms with E-state index in [1.807, 2.05) is 48.5 Å². The smallest absolute Gasteiger partial charge is 0.496 e. The molecule has 0 N–H and O–H groups in total. The zero-order chi connectivity index (χ0) is 26.5. The molecule has 0 atom stereocenters. The third-order valence-electron chi connectivity index (χ3n) is 5.62. The number of benzene rings is 2. The molecule has 8 heteroatoms. The van der Waals surface area contributed by atoms with E-state index in [1.165, 1.54) is 12.2 Å². The van der Waals surface area contributed by atoms with Crippen LogP contribution in [0.1, 0.15) is 25.0 Å². The highest BCUT2D eigenvalue weighted by molar-refractivity contribution is 5.70. The largest absolute Gasteiger partial charge is 0.520 e. The first-order chi connectivity index (χ1) is 17.5. The Balaban J connectivity index is 2.26. The molecule has 2 rings (SSSR count). The fourth-order valence-corrected chi connectivity index (χ4v) is 3.69. The summed E-state index contributed by atoms with van der Waals surface area (Å²) < 4.78 is 11.0. The van der Waals surface area contributed by atoms with Crippen LogP contribution in [0.2, 0.25) is 0 Å². The van der Waals surface area contributed by atoms with Crippen LogP contribution in [0.15, 0.2) is 47.8 Å². The van der Waals surface area contributed by atoms with Crippen molar-refractivity contribution in [2.45, 2.75) is 13.8 Å². The van der Waals surface area contributed by atoms with Gasteiger partial charge in [0.25, 0.3) is 0 Å². The minimum atomic E-state index is -0.0135. The number of likely N-dealkylation sites (N-methyl/N-ethyl adjacent to an activating group) is 2. The van der Waals surface area contributed by atoms with Gasteiger partial charge >= 0.3 is 5.82 Å². The highest BCUT2D eigenvalue weighted by Gasteiger charge is 2.14. The topological polar surface area (TPSA) is 81.2 Å². The molecule has 0 unspecified atom stereocenters. The Hall–Kier alpha value is -4.92. The summed E-state index contributed by atoms with van der Waals surface area (Å²) in [5.41, 5.74) is 3.33. The first-order valence-corrected chi connectivity index (χ1v) is 11.3. The normalized spacial score (nSPS) is 9.44. The van der Waals surface area contributed by atoms with Gasteiger partial charge in [0, 0.05) is 66.9 Å². The van der Waals surface area contributed by atoms with Crippen molar-refractivity contribution in [1.29, 1.82) is 10.5 Å². The molecule has 0 aliphatic carbocycles. The van der Waals surface area contributed by atoms with Crippen LogP contribution < -0.4 is 19.3 Å². The summed E-state index contributed by atoms with van der Waals surface area (Å²) in [6.45, 7) is 21.4. The number of methoxy groups -OCH3 is 2. The third-order valence-corrected chi connectivity index (χ3v) is 5.62. The van der Waals surface area contributed by atoms with E-state index >= 15 is 0 Å². The van der Waals surface area contributed by atoms with Crippen molar-refractivity contribution < 1.29 is 9.47 Å². The summed E-state index contributed by atoms with van der Waals surface area (Å²) in [5.74, 6) is 1.18. The Labute approximate surface area is 213 Å². The molecule has 8 nitrogen and oxygen atoms in total. The van der Waals surface area contributed by atoms with Crippen molar-refractivity contribution in [3.8, 4) is 23.6 Å². The molecule has 0 aromatic heterocycles. The van der Waals surface area contributed by atoms with Gasteiger partial charge in [-0.2, -0.15) is 20.2 Å². The maximum atomic E-state index is 9.05. The summed E-state index contributed by atoms with van der Waals surface area (Å²) in [6.07, 6.45) is 3.04. The molecule has 2 aromatic carbocycles. The molecule has 0 spiro atoms. The Morgan fingerprint density at radius 1 is 0.833 bits per heavy atom. The van der Waals surface area contributed by atoms with Gasteiger partial charge in [0.1, 0.15) is 42.4 Å². The molecule has 2 aromatic rings. The number of rotatable bonds is 11. The Morgan fingerprint density at radius 2 is 1.28 bits per heavy atom. The highest BCUT2D eigenvalue weighted by Crippen LogP contribution is 2.30. The summed E-state index contributed by atoms with van der Waals surface area (Å²) in [5, 5.41) is 18.1. The zero-order valence-electron chi connectivity index (χ0n) is 20.9. The van der Waals surface area contributed by atoms with Crippen molar-refractivity contribution in [2.24, 2.45) is 0 Å². The average molecular weight is 481 g/mol. The van der Waals surface area contributed by atoms with Crippen LogP contribution in [0.3, 0.4) is 0 Å². The summed E-state index contributed by atoms with van der Waals surface area (Å²) >= 11 is 0. The number of hydrogen-bond donors (Lipinski definition) is 0. The number of ether oxygens (including phenoxy) is 2. The van der Waals surface area contributed by atoms with E-state index in [1.54, 1.807) is 14.2 Å². The molecule has 0 saturated heterocycles. The van der Waals surface area contributed by atoms with E-state index in [0.29, 0.717) is 22.6 Å². The van der Waals surface area contributed by atoms with Gasteiger partial charge in [-0.3, -0.25) is 0 Å². The predicted molar refractivity (Wildman–Crippen MR) is 142 cm³/mol. The van der Waals surface area contributed by atoms with E-state index in [-0.39, 0.29) is 11.4 Å². The molecule has 0 heterocycles. The molecule has 0 radical (unpaired) electrons. The molecule has 0 aliphatic rings. The molecule has 0 bridgehead atoms. The maximum absolute atomic E-state index is 9.05. The van der Waals surface area contributed by atoms with Gasteiger partial charge in [-0.1, -0.05) is 6.07 Å². The lowest BCUT2D eigenvalue weighted by Gasteiger charge is -2.30. The molecule has 182 valence electrons. The zero-order valence-corrected chi connectivity index (χ0v) is 20.9. The number of allylic oxidation sites excluding steroid dienone is 1. The number of nitriles is 2. The van der Waals surface area contributed by atoms with Gasteiger partial charge in [-0.05, 0) is 38.1 Å². The van der Waals surface area contributed by atoms with Gasteiger partial charge < -0.3 is 19.3 Å². The predicted octanol–water partition coefficient (Wildman–Crippen LogP) is 5.62. The first kappa shape index (κ1) is 27.3. The minimum absolute atomic E-state index is 0.0135. The van der Waals surface area contributed by atoms with Gasteiger partial charge in [-0.15, -0.1) is 0 Å². The van der Waals surface area contributed by atoms with Gasteiger partial charge in [0.2, 0.25) is 0 Å². The minimum Gasteiger partial charge on any atom is -0.496 e. The summed E-state index contributed by atoms with van der Waals surface area (Å²) in [4.78, 5) is 10.9. The summed E-state index contributed by atoms with van der Waals surface area (Å²) in [6, 6.07) is 15.2. The molecule has 0 saturated carbocycles. The molecular formula is C28H28N6O2. The molecule has 0 aliphatic heterocycles. The lowest BCUT2D eigenvalue weighted by atomic mass is 10.1. The molecular weight excluding hydrogens is 452 g/mol. The van der Waals surface area contributed by atoms with E-state index in [0.717, 1.165) is 37.6 Å². The van der Waals surface area contributed by atoms with Crippen molar-refractivity contribution >= 4 is 23.5 Å². The van der Waals surface area contributed by atoms with Crippen LogP contribution in [0, 0.1) is 35.8 Å². The fourth-order valence-electron chi connectivity index (χ4n) is 3.69. The van der Waals surface area contributed by atoms with Crippen LogP contribution >= 0.6 is 0 Å². The SMILES string of the molecule is [C-]#[N+]C(=Cc1ccc(N(CC)CCN(CC)c2ccc(C=C(C#N)C#N)c(OC)c2)cc1OC)[N+]#[C-]. The van der Waals surface area contributed by atoms with Crippen molar-refractivity contribution in [3.05, 3.63) is 81.8 Å². The lowest BCUT2D eigenvalue weighted by molar-refractivity contribution is 0.413. The van der Waals surface area contributed by atoms with Crippen LogP contribution in [-0.2, 0) is 0 Å². The van der Waals surface area contributed by atoms with E-state index in [2.05, 4.69) is 33.3 Å². The standard InChI is InChI=1S/C28H28N6O2/c1-7-33(24-11-9-22(26(17-24)35-5)15-21(19-29)20-30)13-14-34(8-2)25-12-10-23(27(18-25)36-6)16-28(31-3)32-4/h9-12,15-18H,7-8,13-14H2,1-2,5-6H3. The second-order valence-corrected chi connectivity index (χ2v) is 7.52. The van der Waals surface area contributed by atoms with E-state index in [4.69, 9.17) is 33.1 Å². The first-order valence-electron chi connectivity index (χ1n) is 11.3. The Bertz CT molecular complexity index is 1170. The quantitative estimate of drug-likeness (QED) is 0.307. The lowest BCUT2D eigenvalue weighted by Crippen LogP contribution is -2.35. The monoisotopic (exact) mass is 480 g/mol. The van der Waals surface area contributed by atoms with Gasteiger partial charge in [-0.25, -0.2) is 0 Å². The van der Waals surface area contributed by atoms with Crippen LogP contribution in [0.5, 0.6) is 11.5 Å². The van der Waals surface area contributed by atoms with Crippen LogP contribution in [0.4, 0.5) is 11.4 Å². The number of hydrogen-bond acceptors (Lipinski definition) is 6. The molecule has 0 fully saturated rings. The number of nitrogens with zero attached hydrogens (tertiary/aromatic N) is 6. The average Bonchev–Trinajstić information content (AvgIpc) is 2.93.